The minimum absolute atomic E-state index is 0.0673. The summed E-state index contributed by atoms with van der Waals surface area (Å²) in [6, 6.07) is 0. The lowest BCUT2D eigenvalue weighted by molar-refractivity contribution is -0.139. The molecular formula is C12H16O3. The highest BCUT2D eigenvalue weighted by Crippen LogP contribution is 1.96. The van der Waals surface area contributed by atoms with Crippen LogP contribution < -0.4 is 0 Å². The highest BCUT2D eigenvalue weighted by Gasteiger charge is 1.86. The fourth-order valence-corrected chi connectivity index (χ4v) is 0.848. The number of rotatable bonds is 4. The van der Waals surface area contributed by atoms with Crippen LogP contribution in [0.1, 0.15) is 32.6 Å². The van der Waals surface area contributed by atoms with E-state index in [1.54, 1.807) is 0 Å². The Hall–Kier alpha value is -1.45. The second kappa shape index (κ2) is 10.6. The number of aliphatic hydroxyl groups is 1. The SMILES string of the molecule is CC(=O)OCC#CCCCCC#CCO. The molecule has 0 saturated carbocycles. The van der Waals surface area contributed by atoms with Crippen molar-refractivity contribution in [2.45, 2.75) is 32.6 Å². The minimum Gasteiger partial charge on any atom is -0.453 e. The van der Waals surface area contributed by atoms with E-state index in [9.17, 15) is 4.79 Å². The van der Waals surface area contributed by atoms with E-state index in [2.05, 4.69) is 28.4 Å². The van der Waals surface area contributed by atoms with Gasteiger partial charge in [-0.1, -0.05) is 17.8 Å². The molecule has 0 aromatic rings. The van der Waals surface area contributed by atoms with Crippen molar-refractivity contribution in [3.05, 3.63) is 0 Å². The summed E-state index contributed by atoms with van der Waals surface area (Å²) in [6.45, 7) is 1.48. The first-order valence-electron chi connectivity index (χ1n) is 4.93. The molecule has 0 atom stereocenters. The highest BCUT2D eigenvalue weighted by molar-refractivity contribution is 5.66. The number of carbonyl (C=O) groups excluding carboxylic acids is 1. The zero-order valence-electron chi connectivity index (χ0n) is 9.01. The van der Waals surface area contributed by atoms with Crippen LogP contribution in [0, 0.1) is 23.7 Å². The summed E-state index contributed by atoms with van der Waals surface area (Å²) in [5.41, 5.74) is 0. The second-order valence-electron chi connectivity index (χ2n) is 2.85. The molecular weight excluding hydrogens is 192 g/mol. The van der Waals surface area contributed by atoms with Gasteiger partial charge in [0.25, 0.3) is 0 Å². The van der Waals surface area contributed by atoms with E-state index in [1.807, 2.05) is 0 Å². The molecule has 0 aromatic heterocycles. The molecule has 0 aromatic carbocycles. The summed E-state index contributed by atoms with van der Waals surface area (Å²) in [5.74, 6) is 10.8. The van der Waals surface area contributed by atoms with Crippen LogP contribution in [-0.4, -0.2) is 24.3 Å². The van der Waals surface area contributed by atoms with Crippen LogP contribution in [0.5, 0.6) is 0 Å². The van der Waals surface area contributed by atoms with Crippen molar-refractivity contribution in [1.82, 2.24) is 0 Å². The lowest BCUT2D eigenvalue weighted by Gasteiger charge is -1.91. The van der Waals surface area contributed by atoms with Crippen molar-refractivity contribution in [3.8, 4) is 23.7 Å². The standard InChI is InChI=1S/C12H16O3/c1-12(14)15-11-9-7-5-3-2-4-6-8-10-13/h13H,2-5,10-11H2,1H3. The van der Waals surface area contributed by atoms with Gasteiger partial charge in [-0.3, -0.25) is 4.79 Å². The molecule has 1 N–H and O–H groups in total. The summed E-state index contributed by atoms with van der Waals surface area (Å²) < 4.78 is 4.64. The molecule has 0 unspecified atom stereocenters. The largest absolute Gasteiger partial charge is 0.453 e. The molecule has 0 amide bonds. The lowest BCUT2D eigenvalue weighted by Crippen LogP contribution is -1.97. The molecule has 0 rings (SSSR count). The predicted molar refractivity (Wildman–Crippen MR) is 57.7 cm³/mol. The zero-order chi connectivity index (χ0) is 11.4. The molecule has 0 heterocycles. The molecule has 0 radical (unpaired) electrons. The molecule has 0 fully saturated rings. The zero-order valence-corrected chi connectivity index (χ0v) is 9.01. The van der Waals surface area contributed by atoms with Gasteiger partial charge in [0.2, 0.25) is 0 Å². The third kappa shape index (κ3) is 12.5. The van der Waals surface area contributed by atoms with E-state index in [4.69, 9.17) is 5.11 Å². The molecule has 0 saturated heterocycles. The Morgan fingerprint density at radius 1 is 1.13 bits per heavy atom. The van der Waals surface area contributed by atoms with Gasteiger partial charge in [0, 0.05) is 19.8 Å². The van der Waals surface area contributed by atoms with E-state index >= 15 is 0 Å². The van der Waals surface area contributed by atoms with E-state index in [0.717, 1.165) is 25.7 Å². The molecule has 15 heavy (non-hydrogen) atoms. The van der Waals surface area contributed by atoms with Gasteiger partial charge in [0.15, 0.2) is 6.61 Å². The first-order valence-corrected chi connectivity index (χ1v) is 4.93. The molecule has 0 aliphatic carbocycles. The highest BCUT2D eigenvalue weighted by atomic mass is 16.5. The maximum atomic E-state index is 10.4. The molecule has 0 bridgehead atoms. The fraction of sp³-hybridized carbons (Fsp3) is 0.583. The Bertz CT molecular complexity index is 285. The third-order valence-electron chi connectivity index (χ3n) is 1.53. The van der Waals surface area contributed by atoms with Crippen LogP contribution in [-0.2, 0) is 9.53 Å². The Kier molecular flexibility index (Phi) is 9.60. The Morgan fingerprint density at radius 2 is 1.73 bits per heavy atom. The van der Waals surface area contributed by atoms with Gasteiger partial charge in [-0.25, -0.2) is 0 Å². The normalized spacial score (nSPS) is 8.13. The van der Waals surface area contributed by atoms with E-state index in [1.165, 1.54) is 6.92 Å². The Labute approximate surface area is 90.8 Å². The van der Waals surface area contributed by atoms with Crippen molar-refractivity contribution in [2.75, 3.05) is 13.2 Å². The smallest absolute Gasteiger partial charge is 0.303 e. The number of carbonyl (C=O) groups is 1. The topological polar surface area (TPSA) is 46.5 Å². The number of hydrogen-bond acceptors (Lipinski definition) is 3. The van der Waals surface area contributed by atoms with Crippen molar-refractivity contribution in [3.63, 3.8) is 0 Å². The van der Waals surface area contributed by atoms with Crippen LogP contribution in [0.3, 0.4) is 0 Å². The maximum Gasteiger partial charge on any atom is 0.303 e. The summed E-state index contributed by atoms with van der Waals surface area (Å²) in [5, 5.41) is 8.37. The Morgan fingerprint density at radius 3 is 2.27 bits per heavy atom. The minimum atomic E-state index is -0.302. The summed E-state index contributed by atoms with van der Waals surface area (Å²) in [4.78, 5) is 10.4. The molecule has 82 valence electrons. The average molecular weight is 208 g/mol. The lowest BCUT2D eigenvalue weighted by atomic mass is 10.2. The second-order valence-corrected chi connectivity index (χ2v) is 2.85. The van der Waals surface area contributed by atoms with Crippen LogP contribution in [0.15, 0.2) is 0 Å². The molecule has 0 aliphatic rings. The maximum absolute atomic E-state index is 10.4. The van der Waals surface area contributed by atoms with Crippen molar-refractivity contribution < 1.29 is 14.6 Å². The monoisotopic (exact) mass is 208 g/mol. The molecule has 3 heteroatoms. The van der Waals surface area contributed by atoms with Crippen molar-refractivity contribution in [1.29, 1.82) is 0 Å². The van der Waals surface area contributed by atoms with Crippen LogP contribution in [0.2, 0.25) is 0 Å². The van der Waals surface area contributed by atoms with Gasteiger partial charge in [-0.15, -0.1) is 5.92 Å². The fourth-order valence-electron chi connectivity index (χ4n) is 0.848. The van der Waals surface area contributed by atoms with Gasteiger partial charge in [0.05, 0.1) is 0 Å². The third-order valence-corrected chi connectivity index (χ3v) is 1.53. The summed E-state index contributed by atoms with van der Waals surface area (Å²) in [6.07, 6.45) is 3.55. The quantitative estimate of drug-likeness (QED) is 0.427. The van der Waals surface area contributed by atoms with Crippen molar-refractivity contribution >= 4 is 5.97 Å². The summed E-state index contributed by atoms with van der Waals surface area (Å²) in [7, 11) is 0. The number of unbranched alkanes of at least 4 members (excludes halogenated alkanes) is 3. The van der Waals surface area contributed by atoms with Gasteiger partial charge in [-0.2, -0.15) is 0 Å². The van der Waals surface area contributed by atoms with E-state index in [-0.39, 0.29) is 19.2 Å². The number of ether oxygens (including phenoxy) is 1. The molecule has 0 aliphatic heterocycles. The number of hydrogen-bond donors (Lipinski definition) is 1. The van der Waals surface area contributed by atoms with Gasteiger partial charge in [0.1, 0.15) is 6.61 Å². The van der Waals surface area contributed by atoms with Crippen LogP contribution >= 0.6 is 0 Å². The molecule has 0 spiro atoms. The van der Waals surface area contributed by atoms with Crippen LogP contribution in [0.25, 0.3) is 0 Å². The Balaban J connectivity index is 3.26. The van der Waals surface area contributed by atoms with Crippen molar-refractivity contribution in [2.24, 2.45) is 0 Å². The molecule has 3 nitrogen and oxygen atoms in total. The average Bonchev–Trinajstić information content (AvgIpc) is 2.20. The van der Waals surface area contributed by atoms with E-state index < -0.39 is 0 Å². The first-order chi connectivity index (χ1) is 7.27. The van der Waals surface area contributed by atoms with Gasteiger partial charge < -0.3 is 9.84 Å². The van der Waals surface area contributed by atoms with Gasteiger partial charge >= 0.3 is 5.97 Å². The van der Waals surface area contributed by atoms with Gasteiger partial charge in [-0.05, 0) is 12.8 Å². The van der Waals surface area contributed by atoms with E-state index in [0.29, 0.717) is 0 Å². The summed E-state index contributed by atoms with van der Waals surface area (Å²) >= 11 is 0. The number of esters is 1. The predicted octanol–water partition coefficient (Wildman–Crippen LogP) is 1.11. The number of aliphatic hydroxyl groups excluding tert-OH is 1. The first kappa shape index (κ1) is 13.5. The van der Waals surface area contributed by atoms with Crippen LogP contribution in [0.4, 0.5) is 0 Å².